The molecule has 0 amide bonds. The van der Waals surface area contributed by atoms with Crippen LogP contribution in [0.5, 0.6) is 0 Å². The van der Waals surface area contributed by atoms with Gasteiger partial charge in [0, 0.05) is 11.4 Å². The predicted molar refractivity (Wildman–Crippen MR) is 93.7 cm³/mol. The molecule has 3 rings (SSSR count). The van der Waals surface area contributed by atoms with Gasteiger partial charge < -0.3 is 4.42 Å². The van der Waals surface area contributed by atoms with Gasteiger partial charge in [-0.3, -0.25) is 4.79 Å². The summed E-state index contributed by atoms with van der Waals surface area (Å²) in [6, 6.07) is 7.50. The molecule has 0 atom stereocenters. The molecule has 112 valence electrons. The van der Waals surface area contributed by atoms with Crippen LogP contribution in [0.4, 0.5) is 0 Å². The van der Waals surface area contributed by atoms with Crippen LogP contribution in [0.3, 0.4) is 0 Å². The highest BCUT2D eigenvalue weighted by atomic mass is 79.9. The lowest BCUT2D eigenvalue weighted by atomic mass is 9.87. The zero-order chi connectivity index (χ0) is 14.9. The Labute approximate surface area is 141 Å². The van der Waals surface area contributed by atoms with E-state index in [9.17, 15) is 4.79 Å². The van der Waals surface area contributed by atoms with Gasteiger partial charge in [0.05, 0.1) is 9.71 Å². The first kappa shape index (κ1) is 15.3. The number of benzene rings is 1. The standard InChI is InChI=1S/C17H18Br2O2/c18-10-7-12-5-4-6-13-14(20)11-15(21-16(12)13)17(19)8-2-1-3-9-17/h4-6,11H,1-3,7-10H2. The number of alkyl halides is 2. The van der Waals surface area contributed by atoms with E-state index in [0.717, 1.165) is 41.5 Å². The summed E-state index contributed by atoms with van der Waals surface area (Å²) in [7, 11) is 0. The first-order valence-corrected chi connectivity index (χ1v) is 9.37. The highest BCUT2D eigenvalue weighted by Crippen LogP contribution is 2.44. The molecule has 1 aromatic carbocycles. The second kappa shape index (κ2) is 6.25. The summed E-state index contributed by atoms with van der Waals surface area (Å²) in [5.74, 6) is 0.793. The van der Waals surface area contributed by atoms with Crippen LogP contribution in [0.25, 0.3) is 11.0 Å². The van der Waals surface area contributed by atoms with Crippen LogP contribution in [0, 0.1) is 0 Å². The molecule has 1 fully saturated rings. The van der Waals surface area contributed by atoms with Crippen molar-refractivity contribution in [2.75, 3.05) is 5.33 Å². The van der Waals surface area contributed by atoms with Gasteiger partial charge in [-0.05, 0) is 30.9 Å². The minimum absolute atomic E-state index is 0.0621. The molecule has 1 heterocycles. The van der Waals surface area contributed by atoms with Gasteiger partial charge >= 0.3 is 0 Å². The normalized spacial score (nSPS) is 18.0. The SMILES string of the molecule is O=c1cc(C2(Br)CCCCC2)oc2c(CCBr)cccc12. The van der Waals surface area contributed by atoms with E-state index < -0.39 is 0 Å². The molecule has 1 saturated carbocycles. The maximum absolute atomic E-state index is 12.4. The average molecular weight is 414 g/mol. The molecule has 4 heteroatoms. The van der Waals surface area contributed by atoms with Crippen molar-refractivity contribution in [3.05, 3.63) is 45.8 Å². The van der Waals surface area contributed by atoms with Crippen molar-refractivity contribution >= 4 is 42.8 Å². The summed E-state index contributed by atoms with van der Waals surface area (Å²) < 4.78 is 6.03. The number of rotatable bonds is 3. The lowest BCUT2D eigenvalue weighted by Gasteiger charge is -2.30. The summed E-state index contributed by atoms with van der Waals surface area (Å²) in [4.78, 5) is 12.4. The van der Waals surface area contributed by atoms with Crippen molar-refractivity contribution in [2.45, 2.75) is 42.8 Å². The maximum Gasteiger partial charge on any atom is 0.193 e. The van der Waals surface area contributed by atoms with Crippen LogP contribution in [-0.4, -0.2) is 5.33 Å². The molecule has 0 unspecified atom stereocenters. The summed E-state index contributed by atoms with van der Waals surface area (Å²) in [5.41, 5.74) is 1.91. The predicted octanol–water partition coefficient (Wildman–Crippen LogP) is 5.28. The van der Waals surface area contributed by atoms with Gasteiger partial charge in [-0.25, -0.2) is 0 Å². The van der Waals surface area contributed by atoms with E-state index in [1.807, 2.05) is 18.2 Å². The maximum atomic E-state index is 12.4. The molecule has 0 aliphatic heterocycles. The third kappa shape index (κ3) is 2.98. The molecule has 1 aliphatic carbocycles. The van der Waals surface area contributed by atoms with Crippen LogP contribution >= 0.6 is 31.9 Å². The Bertz CT molecular complexity index is 699. The Balaban J connectivity index is 2.17. The molecular formula is C17H18Br2O2. The van der Waals surface area contributed by atoms with E-state index >= 15 is 0 Å². The van der Waals surface area contributed by atoms with Crippen LogP contribution < -0.4 is 5.43 Å². The van der Waals surface area contributed by atoms with Gasteiger partial charge in [0.1, 0.15) is 11.3 Å². The molecule has 21 heavy (non-hydrogen) atoms. The number of fused-ring (bicyclic) bond motifs is 1. The fourth-order valence-corrected chi connectivity index (χ4v) is 4.30. The smallest absolute Gasteiger partial charge is 0.193 e. The summed E-state index contributed by atoms with van der Waals surface area (Å²) >= 11 is 7.31. The van der Waals surface area contributed by atoms with Gasteiger partial charge in [-0.15, -0.1) is 0 Å². The largest absolute Gasteiger partial charge is 0.459 e. The summed E-state index contributed by atoms with van der Waals surface area (Å²) in [6.07, 6.45) is 6.54. The second-order valence-electron chi connectivity index (χ2n) is 5.73. The monoisotopic (exact) mass is 412 g/mol. The van der Waals surface area contributed by atoms with E-state index in [1.165, 1.54) is 19.3 Å². The molecule has 0 bridgehead atoms. The highest BCUT2D eigenvalue weighted by molar-refractivity contribution is 9.09. The third-order valence-electron chi connectivity index (χ3n) is 4.29. The Morgan fingerprint density at radius 3 is 2.67 bits per heavy atom. The van der Waals surface area contributed by atoms with E-state index in [2.05, 4.69) is 31.9 Å². The van der Waals surface area contributed by atoms with Gasteiger partial charge in [0.15, 0.2) is 5.43 Å². The molecule has 0 radical (unpaired) electrons. The van der Waals surface area contributed by atoms with Crippen molar-refractivity contribution in [1.82, 2.24) is 0 Å². The lowest BCUT2D eigenvalue weighted by Crippen LogP contribution is -2.23. The molecule has 0 saturated heterocycles. The summed E-state index contributed by atoms with van der Waals surface area (Å²) in [5, 5.41) is 1.54. The molecule has 2 aromatic rings. The average Bonchev–Trinajstić information content (AvgIpc) is 2.49. The van der Waals surface area contributed by atoms with Gasteiger partial charge in [-0.1, -0.05) is 63.3 Å². The van der Waals surface area contributed by atoms with Crippen LogP contribution in [0.1, 0.15) is 43.4 Å². The molecular weight excluding hydrogens is 396 g/mol. The molecule has 1 aromatic heterocycles. The highest BCUT2D eigenvalue weighted by Gasteiger charge is 2.34. The number of hydrogen-bond acceptors (Lipinski definition) is 2. The molecule has 0 spiro atoms. The van der Waals surface area contributed by atoms with E-state index in [-0.39, 0.29) is 9.75 Å². The van der Waals surface area contributed by atoms with Crippen LogP contribution in [0.15, 0.2) is 33.5 Å². The fourth-order valence-electron chi connectivity index (χ4n) is 3.11. The van der Waals surface area contributed by atoms with E-state index in [1.54, 1.807) is 6.07 Å². The minimum atomic E-state index is -0.167. The number of hydrogen-bond donors (Lipinski definition) is 0. The van der Waals surface area contributed by atoms with Crippen molar-refractivity contribution in [1.29, 1.82) is 0 Å². The van der Waals surface area contributed by atoms with Crippen molar-refractivity contribution < 1.29 is 4.42 Å². The zero-order valence-electron chi connectivity index (χ0n) is 11.8. The van der Waals surface area contributed by atoms with E-state index in [0.29, 0.717) is 5.39 Å². The quantitative estimate of drug-likeness (QED) is 0.640. The Hall–Kier alpha value is -0.610. The minimum Gasteiger partial charge on any atom is -0.459 e. The lowest BCUT2D eigenvalue weighted by molar-refractivity contribution is 0.354. The summed E-state index contributed by atoms with van der Waals surface area (Å²) in [6.45, 7) is 0. The fraction of sp³-hybridized carbons (Fsp3) is 0.471. The Kier molecular flexibility index (Phi) is 4.55. The Morgan fingerprint density at radius 1 is 1.19 bits per heavy atom. The van der Waals surface area contributed by atoms with E-state index in [4.69, 9.17) is 4.42 Å². The van der Waals surface area contributed by atoms with Gasteiger partial charge in [0.25, 0.3) is 0 Å². The molecule has 1 aliphatic rings. The van der Waals surface area contributed by atoms with Crippen LogP contribution in [-0.2, 0) is 10.7 Å². The number of para-hydroxylation sites is 1. The first-order valence-electron chi connectivity index (χ1n) is 7.45. The molecule has 0 N–H and O–H groups in total. The van der Waals surface area contributed by atoms with Crippen molar-refractivity contribution in [3.63, 3.8) is 0 Å². The third-order valence-corrected chi connectivity index (χ3v) is 5.87. The number of aryl methyl sites for hydroxylation is 1. The second-order valence-corrected chi connectivity index (χ2v) is 8.04. The number of halogens is 2. The van der Waals surface area contributed by atoms with Crippen LogP contribution in [0.2, 0.25) is 0 Å². The van der Waals surface area contributed by atoms with Gasteiger partial charge in [0.2, 0.25) is 0 Å². The Morgan fingerprint density at radius 2 is 1.95 bits per heavy atom. The van der Waals surface area contributed by atoms with Gasteiger partial charge in [-0.2, -0.15) is 0 Å². The topological polar surface area (TPSA) is 30.2 Å². The molecule has 2 nitrogen and oxygen atoms in total. The first-order chi connectivity index (χ1) is 10.1. The van der Waals surface area contributed by atoms with Crippen molar-refractivity contribution in [3.8, 4) is 0 Å². The zero-order valence-corrected chi connectivity index (χ0v) is 15.0. The van der Waals surface area contributed by atoms with Crippen molar-refractivity contribution in [2.24, 2.45) is 0 Å².